The molecule has 92 valence electrons. The molecule has 0 unspecified atom stereocenters. The Morgan fingerprint density at radius 1 is 1.35 bits per heavy atom. The van der Waals surface area contributed by atoms with Crippen LogP contribution in [0.15, 0.2) is 18.6 Å². The molecule has 0 saturated heterocycles. The number of carbonyl (C=O) groups is 1. The topological polar surface area (TPSA) is 72.3 Å². The summed E-state index contributed by atoms with van der Waals surface area (Å²) in [6.45, 7) is 0. The first-order chi connectivity index (χ1) is 7.91. The van der Waals surface area contributed by atoms with Crippen molar-refractivity contribution in [1.29, 1.82) is 0 Å². The first kappa shape index (κ1) is 12.0. The van der Waals surface area contributed by atoms with Gasteiger partial charge in [0.2, 0.25) is 0 Å². The zero-order chi connectivity index (χ0) is 12.6. The Morgan fingerprint density at radius 2 is 2.06 bits per heavy atom. The van der Waals surface area contributed by atoms with E-state index in [1.165, 1.54) is 32.7 Å². The summed E-state index contributed by atoms with van der Waals surface area (Å²) < 4.78 is 25.7. The van der Waals surface area contributed by atoms with E-state index in [0.717, 1.165) is 13.9 Å². The lowest BCUT2D eigenvalue weighted by Crippen LogP contribution is -2.27. The molecule has 1 aromatic rings. The van der Waals surface area contributed by atoms with Crippen LogP contribution in [0.1, 0.15) is 18.5 Å². The highest BCUT2D eigenvalue weighted by atomic mass is 32.2. The molecule has 1 aromatic heterocycles. The van der Waals surface area contributed by atoms with E-state index in [0.29, 0.717) is 18.5 Å². The van der Waals surface area contributed by atoms with Crippen molar-refractivity contribution in [3.63, 3.8) is 0 Å². The van der Waals surface area contributed by atoms with Crippen molar-refractivity contribution in [2.75, 3.05) is 14.1 Å². The molecular formula is C10H13N3O3S. The maximum absolute atomic E-state index is 11.8. The van der Waals surface area contributed by atoms with Crippen LogP contribution in [0.25, 0.3) is 5.57 Å². The second kappa shape index (κ2) is 4.08. The average molecular weight is 255 g/mol. The van der Waals surface area contributed by atoms with E-state index in [9.17, 15) is 13.2 Å². The van der Waals surface area contributed by atoms with E-state index < -0.39 is 10.2 Å². The molecule has 0 amide bonds. The predicted octanol–water partition coefficient (Wildman–Crippen LogP) is 0.284. The van der Waals surface area contributed by atoms with Gasteiger partial charge in [-0.1, -0.05) is 0 Å². The second-order valence-corrected chi connectivity index (χ2v) is 6.06. The van der Waals surface area contributed by atoms with E-state index in [1.54, 1.807) is 0 Å². The summed E-state index contributed by atoms with van der Waals surface area (Å²) >= 11 is 0. The number of carbonyl (C=O) groups excluding carboxylic acids is 1. The molecular weight excluding hydrogens is 242 g/mol. The maximum Gasteiger partial charge on any atom is 0.308 e. The molecule has 0 fully saturated rings. The number of hydrogen-bond acceptors (Lipinski definition) is 4. The molecule has 0 aromatic carbocycles. The van der Waals surface area contributed by atoms with Gasteiger partial charge in [0.15, 0.2) is 5.78 Å². The Morgan fingerprint density at radius 3 is 2.59 bits per heavy atom. The minimum atomic E-state index is -3.52. The van der Waals surface area contributed by atoms with Gasteiger partial charge in [0.1, 0.15) is 6.33 Å². The predicted molar refractivity (Wildman–Crippen MR) is 62.4 cm³/mol. The van der Waals surface area contributed by atoms with Gasteiger partial charge in [0.05, 0.1) is 5.69 Å². The third-order valence-electron chi connectivity index (χ3n) is 2.59. The lowest BCUT2D eigenvalue weighted by molar-refractivity contribution is -0.114. The fourth-order valence-electron chi connectivity index (χ4n) is 1.59. The van der Waals surface area contributed by atoms with Gasteiger partial charge in [-0.25, -0.2) is 8.96 Å². The highest BCUT2D eigenvalue weighted by Gasteiger charge is 2.20. The van der Waals surface area contributed by atoms with Crippen LogP contribution in [-0.2, 0) is 15.0 Å². The number of rotatable bonds is 3. The third kappa shape index (κ3) is 2.16. The van der Waals surface area contributed by atoms with Gasteiger partial charge in [-0.2, -0.15) is 12.7 Å². The number of hydrogen-bond donors (Lipinski definition) is 0. The summed E-state index contributed by atoms with van der Waals surface area (Å²) in [6, 6.07) is 0. The summed E-state index contributed by atoms with van der Waals surface area (Å²) in [4.78, 5) is 15.1. The first-order valence-electron chi connectivity index (χ1n) is 5.12. The fraction of sp³-hybridized carbons (Fsp3) is 0.400. The molecule has 0 saturated carbocycles. The fourth-order valence-corrected chi connectivity index (χ4v) is 2.36. The molecule has 0 aliphatic heterocycles. The monoisotopic (exact) mass is 255 g/mol. The largest absolute Gasteiger partial charge is 0.308 e. The van der Waals surface area contributed by atoms with E-state index in [-0.39, 0.29) is 5.78 Å². The molecule has 0 bridgehead atoms. The number of allylic oxidation sites excluding steroid dienone is 2. The van der Waals surface area contributed by atoms with E-state index in [2.05, 4.69) is 4.98 Å². The van der Waals surface area contributed by atoms with Crippen LogP contribution in [0.5, 0.6) is 0 Å². The molecule has 0 spiro atoms. The molecule has 6 nitrogen and oxygen atoms in total. The van der Waals surface area contributed by atoms with Crippen LogP contribution in [0.4, 0.5) is 0 Å². The molecule has 1 aliphatic carbocycles. The first-order valence-corrected chi connectivity index (χ1v) is 6.52. The van der Waals surface area contributed by atoms with Crippen molar-refractivity contribution in [1.82, 2.24) is 13.3 Å². The van der Waals surface area contributed by atoms with Gasteiger partial charge >= 0.3 is 10.2 Å². The van der Waals surface area contributed by atoms with E-state index >= 15 is 0 Å². The number of aromatic nitrogens is 2. The smallest absolute Gasteiger partial charge is 0.295 e. The normalized spacial score (nSPS) is 16.6. The molecule has 17 heavy (non-hydrogen) atoms. The maximum atomic E-state index is 11.8. The minimum Gasteiger partial charge on any atom is -0.295 e. The zero-order valence-corrected chi connectivity index (χ0v) is 10.4. The number of nitrogens with zero attached hydrogens (tertiary/aromatic N) is 3. The van der Waals surface area contributed by atoms with Gasteiger partial charge < -0.3 is 0 Å². The van der Waals surface area contributed by atoms with Crippen molar-refractivity contribution >= 4 is 21.6 Å². The standard InChI is InChI=1S/C10H13N3O3S/c1-12(2)17(15,16)13-6-10(11-7-13)8-3-4-9(14)5-8/h5-7H,3-4H2,1-2H3. The van der Waals surface area contributed by atoms with Crippen LogP contribution in [0, 0.1) is 0 Å². The number of ketones is 1. The van der Waals surface area contributed by atoms with Crippen molar-refractivity contribution in [3.05, 3.63) is 24.3 Å². The molecule has 0 radical (unpaired) electrons. The van der Waals surface area contributed by atoms with E-state index in [4.69, 9.17) is 0 Å². The molecule has 0 N–H and O–H groups in total. The Hall–Kier alpha value is -1.47. The van der Waals surface area contributed by atoms with Crippen LogP contribution in [0.2, 0.25) is 0 Å². The summed E-state index contributed by atoms with van der Waals surface area (Å²) in [5.74, 6) is 0.0602. The molecule has 1 aliphatic rings. The Bertz CT molecular complexity index is 584. The van der Waals surface area contributed by atoms with Gasteiger partial charge in [-0.15, -0.1) is 0 Å². The van der Waals surface area contributed by atoms with Gasteiger partial charge in [-0.3, -0.25) is 4.79 Å². The lowest BCUT2D eigenvalue weighted by Gasteiger charge is -2.10. The Labute approximate surface area is 99.7 Å². The van der Waals surface area contributed by atoms with Gasteiger partial charge in [0.25, 0.3) is 0 Å². The van der Waals surface area contributed by atoms with Crippen LogP contribution in [-0.4, -0.2) is 41.6 Å². The molecule has 7 heteroatoms. The summed E-state index contributed by atoms with van der Waals surface area (Å²) in [5, 5.41) is 0. The van der Waals surface area contributed by atoms with Gasteiger partial charge in [0, 0.05) is 26.7 Å². The SMILES string of the molecule is CN(C)S(=O)(=O)n1cnc(C2=CC(=O)CC2)c1. The average Bonchev–Trinajstić information content (AvgIpc) is 2.85. The zero-order valence-electron chi connectivity index (χ0n) is 9.62. The van der Waals surface area contributed by atoms with Crippen molar-refractivity contribution in [3.8, 4) is 0 Å². The minimum absolute atomic E-state index is 0.0602. The van der Waals surface area contributed by atoms with Crippen LogP contribution in [0.3, 0.4) is 0 Å². The molecule has 0 atom stereocenters. The lowest BCUT2D eigenvalue weighted by atomic mass is 10.2. The van der Waals surface area contributed by atoms with Crippen molar-refractivity contribution in [2.24, 2.45) is 0 Å². The Kier molecular flexibility index (Phi) is 2.88. The highest BCUT2D eigenvalue weighted by Crippen LogP contribution is 2.24. The highest BCUT2D eigenvalue weighted by molar-refractivity contribution is 7.87. The van der Waals surface area contributed by atoms with Crippen molar-refractivity contribution in [2.45, 2.75) is 12.8 Å². The molecule has 1 heterocycles. The van der Waals surface area contributed by atoms with Gasteiger partial charge in [-0.05, 0) is 18.1 Å². The van der Waals surface area contributed by atoms with E-state index in [1.807, 2.05) is 0 Å². The van der Waals surface area contributed by atoms with Crippen LogP contribution >= 0.6 is 0 Å². The Balaban J connectivity index is 2.35. The summed E-state index contributed by atoms with van der Waals surface area (Å²) in [6.07, 6.45) is 5.30. The molecule has 2 rings (SSSR count). The summed E-state index contributed by atoms with van der Waals surface area (Å²) in [7, 11) is -0.620. The van der Waals surface area contributed by atoms with Crippen molar-refractivity contribution < 1.29 is 13.2 Å². The third-order valence-corrected chi connectivity index (χ3v) is 4.25. The summed E-state index contributed by atoms with van der Waals surface area (Å²) in [5.41, 5.74) is 1.34. The number of imidazole rings is 1. The second-order valence-electron chi connectivity index (χ2n) is 4.01. The van der Waals surface area contributed by atoms with Crippen LogP contribution < -0.4 is 0 Å². The quantitative estimate of drug-likeness (QED) is 0.778.